The number of para-hydroxylation sites is 1. The third kappa shape index (κ3) is 7.19. The van der Waals surface area contributed by atoms with Crippen molar-refractivity contribution in [2.75, 3.05) is 37.7 Å². The number of carbonyl (C=O) groups excluding carboxylic acids is 1. The molecule has 140 valence electrons. The Morgan fingerprint density at radius 2 is 2.08 bits per heavy atom. The molecule has 25 heavy (non-hydrogen) atoms. The van der Waals surface area contributed by atoms with Gasteiger partial charge in [-0.2, -0.15) is 0 Å². The predicted octanol–water partition coefficient (Wildman–Crippen LogP) is 2.39. The van der Waals surface area contributed by atoms with Crippen LogP contribution in [0.4, 0.5) is 5.69 Å². The first kappa shape index (κ1) is 21.7. The average Bonchev–Trinajstić information content (AvgIpc) is 2.96. The summed E-state index contributed by atoms with van der Waals surface area (Å²) in [5.41, 5.74) is 0.949. The first-order valence-corrected chi connectivity index (χ1v) is 8.72. The Labute approximate surface area is 167 Å². The zero-order valence-electron chi connectivity index (χ0n) is 15.0. The van der Waals surface area contributed by atoms with Gasteiger partial charge in [-0.05, 0) is 32.4 Å². The maximum absolute atomic E-state index is 12.3. The molecular formula is C18H29IN4O2. The number of guanidine groups is 1. The van der Waals surface area contributed by atoms with Crippen molar-refractivity contribution >= 4 is 41.5 Å². The largest absolute Gasteiger partial charge is 0.382 e. The molecule has 1 fully saturated rings. The Hall–Kier alpha value is -1.35. The van der Waals surface area contributed by atoms with E-state index < -0.39 is 0 Å². The molecule has 1 heterocycles. The van der Waals surface area contributed by atoms with Crippen molar-refractivity contribution in [3.63, 3.8) is 0 Å². The van der Waals surface area contributed by atoms with E-state index in [0.717, 1.165) is 37.8 Å². The van der Waals surface area contributed by atoms with Crippen LogP contribution in [0.25, 0.3) is 0 Å². The van der Waals surface area contributed by atoms with Crippen LogP contribution in [-0.4, -0.2) is 50.8 Å². The van der Waals surface area contributed by atoms with Gasteiger partial charge in [0, 0.05) is 45.0 Å². The minimum atomic E-state index is 0. The molecule has 0 radical (unpaired) electrons. The van der Waals surface area contributed by atoms with E-state index in [9.17, 15) is 4.79 Å². The van der Waals surface area contributed by atoms with Gasteiger partial charge in [-0.3, -0.25) is 9.79 Å². The predicted molar refractivity (Wildman–Crippen MR) is 113 cm³/mol. The fraction of sp³-hybridized carbons (Fsp3) is 0.556. The Kier molecular flexibility index (Phi) is 10.5. The number of benzene rings is 1. The maximum atomic E-state index is 12.3. The van der Waals surface area contributed by atoms with Crippen molar-refractivity contribution in [1.29, 1.82) is 0 Å². The highest BCUT2D eigenvalue weighted by Gasteiger charge is 2.30. The van der Waals surface area contributed by atoms with Crippen LogP contribution < -0.4 is 15.5 Å². The number of nitrogens with zero attached hydrogens (tertiary/aromatic N) is 2. The minimum Gasteiger partial charge on any atom is -0.382 e. The number of halogens is 1. The fourth-order valence-corrected chi connectivity index (χ4v) is 2.68. The van der Waals surface area contributed by atoms with E-state index in [1.807, 2.05) is 49.1 Å². The zero-order valence-corrected chi connectivity index (χ0v) is 17.4. The van der Waals surface area contributed by atoms with Gasteiger partial charge in [0.25, 0.3) is 0 Å². The summed E-state index contributed by atoms with van der Waals surface area (Å²) in [6.07, 6.45) is 1.38. The van der Waals surface area contributed by atoms with E-state index in [2.05, 4.69) is 15.6 Å². The highest BCUT2D eigenvalue weighted by atomic mass is 127. The number of nitrogens with one attached hydrogen (secondary N) is 2. The normalized spacial score (nSPS) is 17.4. The molecule has 7 heteroatoms. The standard InChI is InChI=1S/C18H28N4O2.HI/c1-3-19-18(20-11-8-12-24-4-2)21-15-13-17(23)22(14-15)16-9-6-5-7-10-16;/h5-7,9-10,15H,3-4,8,11-14H2,1-2H3,(H2,19,20,21);1H. The van der Waals surface area contributed by atoms with Crippen LogP contribution in [0.15, 0.2) is 35.3 Å². The van der Waals surface area contributed by atoms with E-state index in [1.165, 1.54) is 0 Å². The van der Waals surface area contributed by atoms with E-state index in [1.54, 1.807) is 0 Å². The first-order chi connectivity index (χ1) is 11.7. The van der Waals surface area contributed by atoms with E-state index in [4.69, 9.17) is 4.74 Å². The van der Waals surface area contributed by atoms with Crippen molar-refractivity contribution in [3.05, 3.63) is 30.3 Å². The number of carbonyl (C=O) groups is 1. The van der Waals surface area contributed by atoms with Gasteiger partial charge in [0.15, 0.2) is 5.96 Å². The molecule has 0 saturated carbocycles. The van der Waals surface area contributed by atoms with Crippen LogP contribution in [0.2, 0.25) is 0 Å². The zero-order chi connectivity index (χ0) is 17.2. The summed E-state index contributed by atoms with van der Waals surface area (Å²) < 4.78 is 5.32. The van der Waals surface area contributed by atoms with Gasteiger partial charge >= 0.3 is 0 Å². The van der Waals surface area contributed by atoms with E-state index in [0.29, 0.717) is 19.5 Å². The lowest BCUT2D eigenvalue weighted by Crippen LogP contribution is -2.44. The second kappa shape index (κ2) is 12.1. The van der Waals surface area contributed by atoms with Crippen LogP contribution in [-0.2, 0) is 9.53 Å². The van der Waals surface area contributed by atoms with Crippen LogP contribution in [0.1, 0.15) is 26.7 Å². The Morgan fingerprint density at radius 1 is 1.32 bits per heavy atom. The van der Waals surface area contributed by atoms with Crippen LogP contribution >= 0.6 is 24.0 Å². The highest BCUT2D eigenvalue weighted by molar-refractivity contribution is 14.0. The lowest BCUT2D eigenvalue weighted by atomic mass is 10.2. The molecule has 0 spiro atoms. The van der Waals surface area contributed by atoms with Crippen molar-refractivity contribution in [3.8, 4) is 0 Å². The number of ether oxygens (including phenoxy) is 1. The lowest BCUT2D eigenvalue weighted by molar-refractivity contribution is -0.117. The number of hydrogen-bond acceptors (Lipinski definition) is 3. The molecule has 1 amide bonds. The number of anilines is 1. The molecule has 1 unspecified atom stereocenters. The van der Waals surface area contributed by atoms with Gasteiger partial charge in [-0.25, -0.2) is 0 Å². The number of rotatable bonds is 8. The number of amides is 1. The summed E-state index contributed by atoms with van der Waals surface area (Å²) in [5, 5.41) is 6.61. The van der Waals surface area contributed by atoms with Crippen molar-refractivity contribution in [2.45, 2.75) is 32.7 Å². The molecule has 1 aliphatic rings. The van der Waals surface area contributed by atoms with Gasteiger partial charge in [0.2, 0.25) is 5.91 Å². The molecule has 1 aromatic rings. The lowest BCUT2D eigenvalue weighted by Gasteiger charge is -2.19. The molecule has 1 aromatic carbocycles. The summed E-state index contributed by atoms with van der Waals surface area (Å²) >= 11 is 0. The monoisotopic (exact) mass is 460 g/mol. The van der Waals surface area contributed by atoms with Crippen LogP contribution in [0.3, 0.4) is 0 Å². The molecule has 2 rings (SSSR count). The molecule has 6 nitrogen and oxygen atoms in total. The molecule has 2 N–H and O–H groups in total. The Balaban J connectivity index is 0.00000312. The SMILES string of the molecule is CCNC(=NCCCOCC)NC1CC(=O)N(c2ccccc2)C1.I. The van der Waals surface area contributed by atoms with Crippen molar-refractivity contribution in [2.24, 2.45) is 4.99 Å². The Bertz CT molecular complexity index is 539. The first-order valence-electron chi connectivity index (χ1n) is 8.72. The highest BCUT2D eigenvalue weighted by Crippen LogP contribution is 2.20. The molecular weight excluding hydrogens is 431 g/mol. The third-order valence-corrected chi connectivity index (χ3v) is 3.80. The summed E-state index contributed by atoms with van der Waals surface area (Å²) in [6, 6.07) is 9.86. The third-order valence-electron chi connectivity index (χ3n) is 3.80. The number of hydrogen-bond donors (Lipinski definition) is 2. The van der Waals surface area contributed by atoms with Crippen molar-refractivity contribution < 1.29 is 9.53 Å². The Morgan fingerprint density at radius 3 is 2.76 bits per heavy atom. The summed E-state index contributed by atoms with van der Waals surface area (Å²) in [5.74, 6) is 0.910. The average molecular weight is 460 g/mol. The van der Waals surface area contributed by atoms with Gasteiger partial charge < -0.3 is 20.3 Å². The molecule has 0 aliphatic carbocycles. The topological polar surface area (TPSA) is 66.0 Å². The molecule has 0 bridgehead atoms. The summed E-state index contributed by atoms with van der Waals surface area (Å²) in [7, 11) is 0. The quantitative estimate of drug-likeness (QED) is 0.271. The smallest absolute Gasteiger partial charge is 0.229 e. The van der Waals surface area contributed by atoms with Gasteiger partial charge in [-0.1, -0.05) is 18.2 Å². The van der Waals surface area contributed by atoms with E-state index in [-0.39, 0.29) is 35.9 Å². The van der Waals surface area contributed by atoms with Crippen LogP contribution in [0.5, 0.6) is 0 Å². The summed E-state index contributed by atoms with van der Waals surface area (Å²) in [6.45, 7) is 7.65. The fourth-order valence-electron chi connectivity index (χ4n) is 2.68. The maximum Gasteiger partial charge on any atom is 0.229 e. The molecule has 1 saturated heterocycles. The number of aliphatic imine (C=N–C) groups is 1. The second-order valence-corrected chi connectivity index (χ2v) is 5.70. The summed E-state index contributed by atoms with van der Waals surface area (Å²) in [4.78, 5) is 18.7. The minimum absolute atomic E-state index is 0. The van der Waals surface area contributed by atoms with Crippen molar-refractivity contribution in [1.82, 2.24) is 10.6 Å². The van der Waals surface area contributed by atoms with Gasteiger partial charge in [0.05, 0.1) is 6.04 Å². The molecule has 1 aliphatic heterocycles. The molecule has 1 atom stereocenters. The van der Waals surface area contributed by atoms with Crippen LogP contribution in [0, 0.1) is 0 Å². The van der Waals surface area contributed by atoms with E-state index >= 15 is 0 Å². The van der Waals surface area contributed by atoms with Gasteiger partial charge in [-0.15, -0.1) is 24.0 Å². The molecule has 0 aromatic heterocycles. The van der Waals surface area contributed by atoms with Gasteiger partial charge in [0.1, 0.15) is 0 Å². The second-order valence-electron chi connectivity index (χ2n) is 5.70.